The Morgan fingerprint density at radius 1 is 0.952 bits per heavy atom. The molecule has 0 aliphatic heterocycles. The monoisotopic (exact) mass is 293 g/mol. The maximum Gasteiger partial charge on any atom is 0.416 e. The minimum atomic E-state index is -4.45. The molecule has 0 aromatic heterocycles. The molecule has 2 rings (SSSR count). The van der Waals surface area contributed by atoms with E-state index in [0.717, 1.165) is 17.8 Å². The van der Waals surface area contributed by atoms with Gasteiger partial charge in [-0.3, -0.25) is 4.79 Å². The van der Waals surface area contributed by atoms with Crippen molar-refractivity contribution in [3.8, 4) is 0 Å². The van der Waals surface area contributed by atoms with Gasteiger partial charge in [0.2, 0.25) is 0 Å². The van der Waals surface area contributed by atoms with Crippen molar-refractivity contribution in [3.05, 3.63) is 65.2 Å². The summed E-state index contributed by atoms with van der Waals surface area (Å²) in [7, 11) is 3.73. The SMILES string of the molecule is CN(C)c1ccc(C(=O)c2cccc(C(F)(F)F)c2)cc1. The second-order valence-corrected chi connectivity index (χ2v) is 4.85. The molecular weight excluding hydrogens is 279 g/mol. The summed E-state index contributed by atoms with van der Waals surface area (Å²) in [5.41, 5.74) is 0.483. The maximum atomic E-state index is 12.7. The van der Waals surface area contributed by atoms with Crippen molar-refractivity contribution in [2.24, 2.45) is 0 Å². The molecule has 21 heavy (non-hydrogen) atoms. The number of carbonyl (C=O) groups excluding carboxylic acids is 1. The van der Waals surface area contributed by atoms with Gasteiger partial charge < -0.3 is 4.90 Å². The number of hydrogen-bond donors (Lipinski definition) is 0. The first-order valence-electron chi connectivity index (χ1n) is 6.28. The van der Waals surface area contributed by atoms with Gasteiger partial charge in [0.15, 0.2) is 5.78 Å². The van der Waals surface area contributed by atoms with Crippen molar-refractivity contribution in [1.82, 2.24) is 0 Å². The van der Waals surface area contributed by atoms with Gasteiger partial charge in [-0.1, -0.05) is 12.1 Å². The van der Waals surface area contributed by atoms with Gasteiger partial charge in [-0.15, -0.1) is 0 Å². The quantitative estimate of drug-likeness (QED) is 0.797. The fraction of sp³-hybridized carbons (Fsp3) is 0.188. The summed E-state index contributed by atoms with van der Waals surface area (Å²) in [6, 6.07) is 11.2. The van der Waals surface area contributed by atoms with E-state index in [-0.39, 0.29) is 5.56 Å². The predicted molar refractivity (Wildman–Crippen MR) is 75.6 cm³/mol. The molecule has 0 bridgehead atoms. The van der Waals surface area contributed by atoms with Crippen molar-refractivity contribution < 1.29 is 18.0 Å². The fourth-order valence-electron chi connectivity index (χ4n) is 1.91. The topological polar surface area (TPSA) is 20.3 Å². The highest BCUT2D eigenvalue weighted by molar-refractivity contribution is 6.09. The van der Waals surface area contributed by atoms with Crippen LogP contribution in [0.1, 0.15) is 21.5 Å². The van der Waals surface area contributed by atoms with E-state index in [9.17, 15) is 18.0 Å². The van der Waals surface area contributed by atoms with E-state index in [0.29, 0.717) is 5.56 Å². The van der Waals surface area contributed by atoms with Gasteiger partial charge in [0.1, 0.15) is 0 Å². The molecule has 2 aromatic carbocycles. The van der Waals surface area contributed by atoms with Gasteiger partial charge in [-0.2, -0.15) is 13.2 Å². The van der Waals surface area contributed by atoms with Crippen molar-refractivity contribution in [3.63, 3.8) is 0 Å². The Hall–Kier alpha value is -2.30. The summed E-state index contributed by atoms with van der Waals surface area (Å²) in [5.74, 6) is -0.425. The van der Waals surface area contributed by atoms with Gasteiger partial charge in [0.05, 0.1) is 5.56 Å². The molecule has 2 nitrogen and oxygen atoms in total. The summed E-state index contributed by atoms with van der Waals surface area (Å²) in [5, 5.41) is 0. The smallest absolute Gasteiger partial charge is 0.378 e. The van der Waals surface area contributed by atoms with E-state index in [1.807, 2.05) is 19.0 Å². The van der Waals surface area contributed by atoms with E-state index >= 15 is 0 Å². The van der Waals surface area contributed by atoms with Crippen LogP contribution >= 0.6 is 0 Å². The number of halogens is 3. The van der Waals surface area contributed by atoms with Crippen molar-refractivity contribution in [1.29, 1.82) is 0 Å². The van der Waals surface area contributed by atoms with Crippen LogP contribution in [0.25, 0.3) is 0 Å². The molecule has 0 fully saturated rings. The lowest BCUT2D eigenvalue weighted by Gasteiger charge is -2.12. The first kappa shape index (κ1) is 15.1. The molecule has 0 aliphatic rings. The summed E-state index contributed by atoms with van der Waals surface area (Å²) >= 11 is 0. The lowest BCUT2D eigenvalue weighted by molar-refractivity contribution is -0.137. The van der Waals surface area contributed by atoms with E-state index in [1.54, 1.807) is 24.3 Å². The predicted octanol–water partition coefficient (Wildman–Crippen LogP) is 4.00. The number of rotatable bonds is 3. The number of nitrogens with zero attached hydrogens (tertiary/aromatic N) is 1. The van der Waals surface area contributed by atoms with Crippen LogP contribution in [0, 0.1) is 0 Å². The number of hydrogen-bond acceptors (Lipinski definition) is 2. The molecule has 0 atom stereocenters. The van der Waals surface area contributed by atoms with Gasteiger partial charge >= 0.3 is 6.18 Å². The number of alkyl halides is 3. The third-order valence-corrected chi connectivity index (χ3v) is 3.10. The molecule has 0 saturated carbocycles. The van der Waals surface area contributed by atoms with E-state index in [1.165, 1.54) is 12.1 Å². The Labute approximate surface area is 120 Å². The van der Waals surface area contributed by atoms with Gasteiger partial charge in [-0.05, 0) is 36.4 Å². The van der Waals surface area contributed by atoms with Gasteiger partial charge in [-0.25, -0.2) is 0 Å². The minimum absolute atomic E-state index is 0.0300. The normalized spacial score (nSPS) is 11.3. The summed E-state index contributed by atoms with van der Waals surface area (Å²) in [6.45, 7) is 0. The number of ketones is 1. The lowest BCUT2D eigenvalue weighted by Crippen LogP contribution is -2.10. The molecule has 2 aromatic rings. The molecule has 0 heterocycles. The Morgan fingerprint density at radius 3 is 2.10 bits per heavy atom. The van der Waals surface area contributed by atoms with Gasteiger partial charge in [0.25, 0.3) is 0 Å². The highest BCUT2D eigenvalue weighted by Crippen LogP contribution is 2.30. The van der Waals surface area contributed by atoms with Crippen LogP contribution in [0.5, 0.6) is 0 Å². The molecule has 0 radical (unpaired) electrons. The van der Waals surface area contributed by atoms with E-state index < -0.39 is 17.5 Å². The average Bonchev–Trinajstić information content (AvgIpc) is 2.46. The van der Waals surface area contributed by atoms with Crippen molar-refractivity contribution in [2.75, 3.05) is 19.0 Å². The molecule has 0 unspecified atom stereocenters. The van der Waals surface area contributed by atoms with Crippen LogP contribution in [0.3, 0.4) is 0 Å². The largest absolute Gasteiger partial charge is 0.416 e. The fourth-order valence-corrected chi connectivity index (χ4v) is 1.91. The van der Waals surface area contributed by atoms with Crippen LogP contribution in [0.2, 0.25) is 0 Å². The molecule has 0 N–H and O–H groups in total. The van der Waals surface area contributed by atoms with Crippen LogP contribution < -0.4 is 4.90 Å². The third-order valence-electron chi connectivity index (χ3n) is 3.10. The van der Waals surface area contributed by atoms with E-state index in [2.05, 4.69) is 0 Å². The Kier molecular flexibility index (Phi) is 4.02. The Balaban J connectivity index is 2.32. The zero-order valence-electron chi connectivity index (χ0n) is 11.6. The first-order chi connectivity index (χ1) is 9.79. The molecule has 0 amide bonds. The van der Waals surface area contributed by atoms with Crippen molar-refractivity contribution in [2.45, 2.75) is 6.18 Å². The van der Waals surface area contributed by atoms with Gasteiger partial charge in [0, 0.05) is 30.9 Å². The van der Waals surface area contributed by atoms with E-state index in [4.69, 9.17) is 0 Å². The van der Waals surface area contributed by atoms with Crippen LogP contribution in [-0.4, -0.2) is 19.9 Å². The number of benzene rings is 2. The van der Waals surface area contributed by atoms with Crippen LogP contribution in [0.15, 0.2) is 48.5 Å². The molecule has 110 valence electrons. The maximum absolute atomic E-state index is 12.7. The van der Waals surface area contributed by atoms with Crippen molar-refractivity contribution >= 4 is 11.5 Å². The highest BCUT2D eigenvalue weighted by Gasteiger charge is 2.30. The molecule has 0 saturated heterocycles. The minimum Gasteiger partial charge on any atom is -0.378 e. The zero-order chi connectivity index (χ0) is 15.6. The summed E-state index contributed by atoms with van der Waals surface area (Å²) in [6.07, 6.45) is -4.45. The highest BCUT2D eigenvalue weighted by atomic mass is 19.4. The molecule has 0 spiro atoms. The Bertz CT molecular complexity index is 645. The number of carbonyl (C=O) groups is 1. The summed E-state index contributed by atoms with van der Waals surface area (Å²) < 4.78 is 38.0. The Morgan fingerprint density at radius 2 is 1.57 bits per heavy atom. The molecule has 5 heteroatoms. The number of anilines is 1. The summed E-state index contributed by atoms with van der Waals surface area (Å²) in [4.78, 5) is 14.1. The molecular formula is C16H14F3NO. The average molecular weight is 293 g/mol. The lowest BCUT2D eigenvalue weighted by atomic mass is 10.0. The second kappa shape index (κ2) is 5.60. The molecule has 0 aliphatic carbocycles. The zero-order valence-corrected chi connectivity index (χ0v) is 11.6. The third kappa shape index (κ3) is 3.42. The van der Waals surface area contributed by atoms with Crippen LogP contribution in [-0.2, 0) is 6.18 Å². The second-order valence-electron chi connectivity index (χ2n) is 4.85. The standard InChI is InChI=1S/C16H14F3NO/c1-20(2)14-8-6-11(7-9-14)15(21)12-4-3-5-13(10-12)16(17,18)19/h3-10H,1-2H3. The first-order valence-corrected chi connectivity index (χ1v) is 6.28. The van der Waals surface area contributed by atoms with Crippen LogP contribution in [0.4, 0.5) is 18.9 Å².